The molecule has 1 radical (unpaired) electrons. The fraction of sp³-hybridized carbons (Fsp3) is 0.500. The summed E-state index contributed by atoms with van der Waals surface area (Å²) in [6.07, 6.45) is -5.07. The number of amides is 2. The van der Waals surface area contributed by atoms with E-state index in [9.17, 15) is 32.3 Å². The van der Waals surface area contributed by atoms with E-state index in [0.29, 0.717) is 5.56 Å². The SMILES string of the molecule is CC(F)(CCC(CC(O)[CH]Cc1ccc(OC(F)(F)F)cc1)C(=O)NO)C(N)=O. The normalized spacial score (nSPS) is 15.8. The minimum Gasteiger partial charge on any atom is -0.406 e. The van der Waals surface area contributed by atoms with Gasteiger partial charge in [0.25, 0.3) is 5.91 Å². The molecule has 0 aliphatic carbocycles. The Kier molecular flexibility index (Phi) is 8.83. The Hall–Kier alpha value is -2.40. The lowest BCUT2D eigenvalue weighted by Gasteiger charge is -2.22. The third kappa shape index (κ3) is 9.09. The van der Waals surface area contributed by atoms with Crippen molar-refractivity contribution in [2.24, 2.45) is 11.7 Å². The summed E-state index contributed by atoms with van der Waals surface area (Å²) in [5.41, 5.74) is 4.59. The molecule has 29 heavy (non-hydrogen) atoms. The quantitative estimate of drug-likeness (QED) is 0.247. The minimum absolute atomic E-state index is 0.156. The first kappa shape index (κ1) is 24.6. The number of alkyl halides is 4. The highest BCUT2D eigenvalue weighted by Gasteiger charge is 2.33. The molecule has 7 nitrogen and oxygen atoms in total. The number of rotatable bonds is 11. The van der Waals surface area contributed by atoms with Gasteiger partial charge in [-0.25, -0.2) is 9.87 Å². The zero-order valence-electron chi connectivity index (χ0n) is 15.6. The first-order valence-corrected chi connectivity index (χ1v) is 8.63. The van der Waals surface area contributed by atoms with Crippen LogP contribution in [0.25, 0.3) is 0 Å². The molecule has 163 valence electrons. The number of hydroxylamine groups is 1. The number of aliphatic hydroxyl groups excluding tert-OH is 1. The predicted octanol–water partition coefficient (Wildman–Crippen LogP) is 2.20. The van der Waals surface area contributed by atoms with E-state index in [-0.39, 0.29) is 31.4 Å². The highest BCUT2D eigenvalue weighted by atomic mass is 19.4. The topological polar surface area (TPSA) is 122 Å². The van der Waals surface area contributed by atoms with Crippen LogP contribution in [-0.2, 0) is 16.0 Å². The molecule has 2 amide bonds. The van der Waals surface area contributed by atoms with Gasteiger partial charge in [-0.2, -0.15) is 0 Å². The van der Waals surface area contributed by atoms with Crippen LogP contribution < -0.4 is 16.0 Å². The van der Waals surface area contributed by atoms with E-state index < -0.39 is 35.9 Å². The number of hydrogen-bond donors (Lipinski definition) is 4. The van der Waals surface area contributed by atoms with Crippen LogP contribution in [0.4, 0.5) is 17.6 Å². The maximum atomic E-state index is 14.0. The molecule has 0 saturated heterocycles. The number of carbonyl (C=O) groups is 2. The van der Waals surface area contributed by atoms with Gasteiger partial charge in [0.15, 0.2) is 5.67 Å². The van der Waals surface area contributed by atoms with Gasteiger partial charge in [-0.3, -0.25) is 14.8 Å². The van der Waals surface area contributed by atoms with Gasteiger partial charge in [-0.15, -0.1) is 13.2 Å². The molecule has 0 fully saturated rings. The summed E-state index contributed by atoms with van der Waals surface area (Å²) in [5, 5.41) is 18.9. The van der Waals surface area contributed by atoms with Gasteiger partial charge in [0.1, 0.15) is 5.75 Å². The fourth-order valence-electron chi connectivity index (χ4n) is 2.50. The van der Waals surface area contributed by atoms with Crippen molar-refractivity contribution in [3.8, 4) is 5.75 Å². The molecule has 0 aliphatic heterocycles. The van der Waals surface area contributed by atoms with Gasteiger partial charge in [-0.1, -0.05) is 12.1 Å². The zero-order chi connectivity index (χ0) is 22.2. The van der Waals surface area contributed by atoms with E-state index in [2.05, 4.69) is 4.74 Å². The molecule has 5 N–H and O–H groups in total. The van der Waals surface area contributed by atoms with Crippen molar-refractivity contribution in [3.63, 3.8) is 0 Å². The molecule has 1 aromatic carbocycles. The van der Waals surface area contributed by atoms with Crippen molar-refractivity contribution in [2.75, 3.05) is 0 Å². The molecule has 0 aliphatic rings. The van der Waals surface area contributed by atoms with Crippen LogP contribution in [0.1, 0.15) is 31.7 Å². The first-order valence-electron chi connectivity index (χ1n) is 8.63. The van der Waals surface area contributed by atoms with Crippen molar-refractivity contribution >= 4 is 11.8 Å². The summed E-state index contributed by atoms with van der Waals surface area (Å²) in [7, 11) is 0. The Bertz CT molecular complexity index is 680. The highest BCUT2D eigenvalue weighted by molar-refractivity contribution is 5.83. The number of carbonyl (C=O) groups excluding carboxylic acids is 2. The predicted molar refractivity (Wildman–Crippen MR) is 93.1 cm³/mol. The van der Waals surface area contributed by atoms with Crippen LogP contribution in [-0.4, -0.2) is 40.3 Å². The molecule has 1 rings (SSSR count). The average molecular weight is 423 g/mol. The number of halogens is 4. The number of benzene rings is 1. The zero-order valence-corrected chi connectivity index (χ0v) is 15.6. The molecule has 0 aromatic heterocycles. The van der Waals surface area contributed by atoms with Crippen LogP contribution in [0, 0.1) is 12.3 Å². The molecular weight excluding hydrogens is 400 g/mol. The van der Waals surface area contributed by atoms with Crippen LogP contribution in [0.5, 0.6) is 5.75 Å². The third-order valence-electron chi connectivity index (χ3n) is 4.27. The Morgan fingerprint density at radius 3 is 2.31 bits per heavy atom. The van der Waals surface area contributed by atoms with Crippen molar-refractivity contribution in [2.45, 2.75) is 50.7 Å². The van der Waals surface area contributed by atoms with Crippen molar-refractivity contribution in [1.29, 1.82) is 0 Å². The van der Waals surface area contributed by atoms with E-state index in [1.807, 2.05) is 0 Å². The highest BCUT2D eigenvalue weighted by Crippen LogP contribution is 2.25. The smallest absolute Gasteiger partial charge is 0.406 e. The summed E-state index contributed by atoms with van der Waals surface area (Å²) in [4.78, 5) is 22.8. The second-order valence-electron chi connectivity index (χ2n) is 6.71. The minimum atomic E-state index is -4.80. The molecule has 1 aromatic rings. The van der Waals surface area contributed by atoms with Gasteiger partial charge in [0.05, 0.1) is 6.10 Å². The summed E-state index contributed by atoms with van der Waals surface area (Å²) in [6, 6.07) is 5.00. The van der Waals surface area contributed by atoms with Gasteiger partial charge < -0.3 is 15.6 Å². The number of ether oxygens (including phenoxy) is 1. The third-order valence-corrected chi connectivity index (χ3v) is 4.27. The fourth-order valence-corrected chi connectivity index (χ4v) is 2.50. The Labute approximate surface area is 164 Å². The molecule has 3 unspecified atom stereocenters. The maximum Gasteiger partial charge on any atom is 0.573 e. The Morgan fingerprint density at radius 1 is 1.24 bits per heavy atom. The average Bonchev–Trinajstić information content (AvgIpc) is 2.62. The van der Waals surface area contributed by atoms with Gasteiger partial charge in [-0.05, 0) is 56.7 Å². The number of primary amides is 1. The van der Waals surface area contributed by atoms with Crippen LogP contribution in [0.3, 0.4) is 0 Å². The lowest BCUT2D eigenvalue weighted by atomic mass is 9.89. The summed E-state index contributed by atoms with van der Waals surface area (Å²) in [5.74, 6) is -3.43. The van der Waals surface area contributed by atoms with E-state index in [4.69, 9.17) is 10.9 Å². The molecule has 0 bridgehead atoms. The number of nitrogens with two attached hydrogens (primary N) is 1. The van der Waals surface area contributed by atoms with Crippen LogP contribution >= 0.6 is 0 Å². The number of aliphatic hydroxyl groups is 1. The Balaban J connectivity index is 2.59. The van der Waals surface area contributed by atoms with Crippen LogP contribution in [0.2, 0.25) is 0 Å². The largest absolute Gasteiger partial charge is 0.573 e. The van der Waals surface area contributed by atoms with E-state index in [1.54, 1.807) is 0 Å². The molecule has 0 heterocycles. The van der Waals surface area contributed by atoms with E-state index >= 15 is 0 Å². The number of nitrogens with one attached hydrogen (secondary N) is 1. The van der Waals surface area contributed by atoms with Gasteiger partial charge >= 0.3 is 6.36 Å². The maximum absolute atomic E-state index is 14.0. The monoisotopic (exact) mass is 423 g/mol. The van der Waals surface area contributed by atoms with Crippen molar-refractivity contribution < 1.29 is 42.2 Å². The summed E-state index contributed by atoms with van der Waals surface area (Å²) >= 11 is 0. The van der Waals surface area contributed by atoms with E-state index in [1.165, 1.54) is 24.0 Å². The van der Waals surface area contributed by atoms with Crippen LogP contribution in [0.15, 0.2) is 24.3 Å². The second kappa shape index (κ2) is 10.4. The molecule has 3 atom stereocenters. The lowest BCUT2D eigenvalue weighted by molar-refractivity contribution is -0.274. The van der Waals surface area contributed by atoms with E-state index in [0.717, 1.165) is 19.1 Å². The summed E-state index contributed by atoms with van der Waals surface area (Å²) in [6.45, 7) is 0.970. The standard InChI is InChI=1S/C18H23F4N2O5/c1-17(19,16(23)27)9-8-12(15(26)24-28)10-13(25)5-2-11-3-6-14(7-4-11)29-18(20,21)22/h3-7,12-13,25,28H,2,8-10H2,1H3,(H2,23,27)(H,24,26). The second-order valence-corrected chi connectivity index (χ2v) is 6.71. The molecular formula is C18H23F4N2O5. The molecule has 0 spiro atoms. The van der Waals surface area contributed by atoms with Crippen molar-refractivity contribution in [3.05, 3.63) is 36.2 Å². The lowest BCUT2D eigenvalue weighted by Crippen LogP contribution is -2.38. The Morgan fingerprint density at radius 2 is 1.83 bits per heavy atom. The number of hydrogen-bond acceptors (Lipinski definition) is 5. The van der Waals surface area contributed by atoms with Gasteiger partial charge in [0, 0.05) is 5.92 Å². The summed E-state index contributed by atoms with van der Waals surface area (Å²) < 4.78 is 54.1. The van der Waals surface area contributed by atoms with Gasteiger partial charge in [0.2, 0.25) is 5.91 Å². The first-order chi connectivity index (χ1) is 13.3. The van der Waals surface area contributed by atoms with Crippen molar-refractivity contribution in [1.82, 2.24) is 5.48 Å². The molecule has 0 saturated carbocycles. The molecule has 11 heteroatoms.